The van der Waals surface area contributed by atoms with Gasteiger partial charge >= 0.3 is 12.1 Å². The van der Waals surface area contributed by atoms with Crippen LogP contribution in [0.4, 0.5) is 13.2 Å². The number of rotatable bonds is 6. The molecule has 1 rings (SSSR count). The zero-order valence-electron chi connectivity index (χ0n) is 10.6. The molecule has 6 heteroatoms. The molecule has 3 nitrogen and oxygen atoms in total. The summed E-state index contributed by atoms with van der Waals surface area (Å²) in [6.45, 7) is 2.74. The lowest BCUT2D eigenvalue weighted by molar-refractivity contribution is -0.174. The lowest BCUT2D eigenvalue weighted by Gasteiger charge is -2.15. The largest absolute Gasteiger partial charge is 0.471 e. The Morgan fingerprint density at radius 1 is 1.26 bits per heavy atom. The zero-order valence-corrected chi connectivity index (χ0v) is 10.6. The zero-order chi connectivity index (χ0) is 14.3. The second-order valence-corrected chi connectivity index (χ2v) is 4.32. The molecule has 0 saturated heterocycles. The van der Waals surface area contributed by atoms with E-state index in [1.54, 1.807) is 6.92 Å². The second kappa shape index (κ2) is 7.13. The topological polar surface area (TPSA) is 41.1 Å². The first kappa shape index (κ1) is 15.5. The average molecular weight is 274 g/mol. The molecular weight excluding hydrogens is 257 g/mol. The second-order valence-electron chi connectivity index (χ2n) is 4.32. The van der Waals surface area contributed by atoms with Crippen molar-refractivity contribution in [3.63, 3.8) is 0 Å². The number of halogens is 3. The first-order chi connectivity index (χ1) is 8.89. The SMILES string of the molecule is CC(CCNCc1ccccc1)NC(=O)C(F)(F)F. The number of amides is 1. The molecule has 1 aromatic rings. The molecule has 0 saturated carbocycles. The number of nitrogens with one attached hydrogen (secondary N) is 2. The Kier molecular flexibility index (Phi) is 5.82. The molecule has 106 valence electrons. The van der Waals surface area contributed by atoms with Crippen LogP contribution in [0.1, 0.15) is 18.9 Å². The first-order valence-corrected chi connectivity index (χ1v) is 6.02. The van der Waals surface area contributed by atoms with Crippen molar-refractivity contribution in [2.75, 3.05) is 6.54 Å². The predicted octanol–water partition coefficient (Wildman–Crippen LogP) is 2.23. The van der Waals surface area contributed by atoms with Gasteiger partial charge in [0.1, 0.15) is 0 Å². The molecule has 1 aromatic carbocycles. The van der Waals surface area contributed by atoms with Crippen LogP contribution in [0.3, 0.4) is 0 Å². The van der Waals surface area contributed by atoms with Gasteiger partial charge in [0, 0.05) is 12.6 Å². The highest BCUT2D eigenvalue weighted by Crippen LogP contribution is 2.14. The van der Waals surface area contributed by atoms with Crippen molar-refractivity contribution in [2.24, 2.45) is 0 Å². The molecule has 0 fully saturated rings. The van der Waals surface area contributed by atoms with E-state index in [1.807, 2.05) is 35.6 Å². The minimum Gasteiger partial charge on any atom is -0.346 e. The van der Waals surface area contributed by atoms with Crippen LogP contribution < -0.4 is 10.6 Å². The first-order valence-electron chi connectivity index (χ1n) is 6.02. The lowest BCUT2D eigenvalue weighted by Crippen LogP contribution is -2.42. The van der Waals surface area contributed by atoms with Crippen molar-refractivity contribution in [2.45, 2.75) is 32.1 Å². The predicted molar refractivity (Wildman–Crippen MR) is 66.4 cm³/mol. The van der Waals surface area contributed by atoms with Crippen LogP contribution in [0.25, 0.3) is 0 Å². The van der Waals surface area contributed by atoms with Gasteiger partial charge in [0.2, 0.25) is 0 Å². The number of alkyl halides is 3. The van der Waals surface area contributed by atoms with Crippen LogP contribution in [0.2, 0.25) is 0 Å². The van der Waals surface area contributed by atoms with E-state index in [2.05, 4.69) is 5.32 Å². The van der Waals surface area contributed by atoms with Crippen LogP contribution in [-0.4, -0.2) is 24.7 Å². The monoisotopic (exact) mass is 274 g/mol. The Bertz CT molecular complexity index is 393. The molecule has 0 aliphatic carbocycles. The summed E-state index contributed by atoms with van der Waals surface area (Å²) in [5, 5.41) is 5.03. The van der Waals surface area contributed by atoms with E-state index in [-0.39, 0.29) is 0 Å². The molecule has 0 bridgehead atoms. The van der Waals surface area contributed by atoms with Gasteiger partial charge in [0.05, 0.1) is 0 Å². The van der Waals surface area contributed by atoms with E-state index < -0.39 is 18.1 Å². The van der Waals surface area contributed by atoms with Crippen molar-refractivity contribution in [1.29, 1.82) is 0 Å². The average Bonchev–Trinajstić information content (AvgIpc) is 2.35. The van der Waals surface area contributed by atoms with Gasteiger partial charge in [-0.2, -0.15) is 13.2 Å². The smallest absolute Gasteiger partial charge is 0.346 e. The van der Waals surface area contributed by atoms with E-state index in [0.29, 0.717) is 19.5 Å². The third-order valence-electron chi connectivity index (χ3n) is 2.56. The van der Waals surface area contributed by atoms with Gasteiger partial charge in [-0.3, -0.25) is 4.79 Å². The normalized spacial score (nSPS) is 13.1. The Labute approximate surface area is 110 Å². The van der Waals surface area contributed by atoms with E-state index in [0.717, 1.165) is 5.56 Å². The lowest BCUT2D eigenvalue weighted by atomic mass is 10.2. The van der Waals surface area contributed by atoms with Crippen LogP contribution in [0.5, 0.6) is 0 Å². The summed E-state index contributed by atoms with van der Waals surface area (Å²) in [6.07, 6.45) is -4.37. The van der Waals surface area contributed by atoms with E-state index in [4.69, 9.17) is 0 Å². The minimum atomic E-state index is -4.81. The maximum Gasteiger partial charge on any atom is 0.471 e. The number of hydrogen-bond donors (Lipinski definition) is 2. The van der Waals surface area contributed by atoms with Crippen molar-refractivity contribution < 1.29 is 18.0 Å². The molecule has 1 atom stereocenters. The Morgan fingerprint density at radius 2 is 1.89 bits per heavy atom. The van der Waals surface area contributed by atoms with Crippen molar-refractivity contribution in [3.05, 3.63) is 35.9 Å². The van der Waals surface area contributed by atoms with E-state index in [9.17, 15) is 18.0 Å². The Morgan fingerprint density at radius 3 is 2.47 bits per heavy atom. The molecule has 0 aliphatic rings. The van der Waals surface area contributed by atoms with Crippen molar-refractivity contribution in [1.82, 2.24) is 10.6 Å². The van der Waals surface area contributed by atoms with Gasteiger partial charge < -0.3 is 10.6 Å². The molecule has 2 N–H and O–H groups in total. The third kappa shape index (κ3) is 6.24. The van der Waals surface area contributed by atoms with Gasteiger partial charge in [-0.05, 0) is 25.5 Å². The standard InChI is InChI=1S/C13H17F3N2O/c1-10(18-12(19)13(14,15)16)7-8-17-9-11-5-3-2-4-6-11/h2-6,10,17H,7-9H2,1H3,(H,18,19). The summed E-state index contributed by atoms with van der Waals surface area (Å²) in [5.74, 6) is -1.89. The van der Waals surface area contributed by atoms with Gasteiger partial charge in [0.15, 0.2) is 0 Å². The highest BCUT2D eigenvalue weighted by atomic mass is 19.4. The Hall–Kier alpha value is -1.56. The summed E-state index contributed by atoms with van der Waals surface area (Å²) in [6, 6.07) is 9.16. The summed E-state index contributed by atoms with van der Waals surface area (Å²) in [7, 11) is 0. The molecule has 0 radical (unpaired) electrons. The van der Waals surface area contributed by atoms with Gasteiger partial charge in [-0.1, -0.05) is 30.3 Å². The highest BCUT2D eigenvalue weighted by Gasteiger charge is 2.38. The van der Waals surface area contributed by atoms with Crippen LogP contribution in [0.15, 0.2) is 30.3 Å². The summed E-state index contributed by atoms with van der Waals surface area (Å²) in [5.41, 5.74) is 1.11. The highest BCUT2D eigenvalue weighted by molar-refractivity contribution is 5.81. The molecule has 1 unspecified atom stereocenters. The molecule has 1 amide bonds. The van der Waals surface area contributed by atoms with Gasteiger partial charge in [0.25, 0.3) is 0 Å². The molecule has 19 heavy (non-hydrogen) atoms. The van der Waals surface area contributed by atoms with Crippen LogP contribution in [-0.2, 0) is 11.3 Å². The fourth-order valence-corrected chi connectivity index (χ4v) is 1.52. The Balaban J connectivity index is 2.17. The summed E-state index contributed by atoms with van der Waals surface area (Å²) in [4.78, 5) is 10.7. The van der Waals surface area contributed by atoms with Gasteiger partial charge in [-0.15, -0.1) is 0 Å². The van der Waals surface area contributed by atoms with Crippen molar-refractivity contribution >= 4 is 5.91 Å². The minimum absolute atomic E-state index is 0.439. The quantitative estimate of drug-likeness (QED) is 0.781. The molecule has 0 heterocycles. The molecule has 0 aliphatic heterocycles. The number of hydrogen-bond acceptors (Lipinski definition) is 2. The maximum atomic E-state index is 12.0. The van der Waals surface area contributed by atoms with Crippen molar-refractivity contribution in [3.8, 4) is 0 Å². The van der Waals surface area contributed by atoms with Crippen LogP contribution >= 0.6 is 0 Å². The van der Waals surface area contributed by atoms with Crippen LogP contribution in [0, 0.1) is 0 Å². The molecule has 0 spiro atoms. The van der Waals surface area contributed by atoms with E-state index in [1.165, 1.54) is 0 Å². The third-order valence-corrected chi connectivity index (χ3v) is 2.56. The number of carbonyl (C=O) groups excluding carboxylic acids is 1. The van der Waals surface area contributed by atoms with Gasteiger partial charge in [-0.25, -0.2) is 0 Å². The fraction of sp³-hybridized carbons (Fsp3) is 0.462. The van der Waals surface area contributed by atoms with E-state index >= 15 is 0 Å². The fourth-order valence-electron chi connectivity index (χ4n) is 1.52. The molecule has 0 aromatic heterocycles. The number of benzene rings is 1. The summed E-state index contributed by atoms with van der Waals surface area (Å²) >= 11 is 0. The molecular formula is C13H17F3N2O. The summed E-state index contributed by atoms with van der Waals surface area (Å²) < 4.78 is 36.0. The maximum absolute atomic E-state index is 12.0. The number of carbonyl (C=O) groups is 1.